The zero-order valence-electron chi connectivity index (χ0n) is 6.03. The van der Waals surface area contributed by atoms with Gasteiger partial charge >= 0.3 is 0 Å². The second-order valence-electron chi connectivity index (χ2n) is 2.18. The van der Waals surface area contributed by atoms with Gasteiger partial charge in [-0.2, -0.15) is 0 Å². The molecule has 0 aromatic heterocycles. The van der Waals surface area contributed by atoms with Gasteiger partial charge in [-0.1, -0.05) is 12.2 Å². The van der Waals surface area contributed by atoms with E-state index in [0.717, 1.165) is 0 Å². The quantitative estimate of drug-likeness (QED) is 0.559. The Bertz CT molecular complexity index is 95.8. The maximum atomic E-state index is 9.08. The Morgan fingerprint density at radius 3 is 1.50 bits per heavy atom. The van der Waals surface area contributed by atoms with E-state index in [2.05, 4.69) is 13.2 Å². The van der Waals surface area contributed by atoms with Crippen LogP contribution in [0.2, 0.25) is 0 Å². The van der Waals surface area contributed by atoms with Gasteiger partial charge in [-0.15, -0.1) is 13.2 Å². The van der Waals surface area contributed by atoms with Gasteiger partial charge in [-0.3, -0.25) is 0 Å². The molecule has 2 nitrogen and oxygen atoms in total. The summed E-state index contributed by atoms with van der Waals surface area (Å²) < 4.78 is 0. The van der Waals surface area contributed by atoms with Crippen LogP contribution >= 0.6 is 0 Å². The third kappa shape index (κ3) is 3.43. The minimum Gasteiger partial charge on any atom is -0.390 e. The molecule has 2 heteroatoms. The van der Waals surface area contributed by atoms with E-state index >= 15 is 0 Å². The van der Waals surface area contributed by atoms with E-state index < -0.39 is 12.2 Å². The van der Waals surface area contributed by atoms with Crippen LogP contribution in [0.25, 0.3) is 0 Å². The van der Waals surface area contributed by atoms with E-state index in [1.165, 1.54) is 0 Å². The molecule has 0 radical (unpaired) electrons. The molecule has 58 valence electrons. The summed E-state index contributed by atoms with van der Waals surface area (Å²) in [6.45, 7) is 6.89. The molecule has 0 bridgehead atoms. The van der Waals surface area contributed by atoms with Crippen LogP contribution in [-0.2, 0) is 0 Å². The van der Waals surface area contributed by atoms with Crippen molar-refractivity contribution in [2.45, 2.75) is 25.0 Å². The number of aliphatic hydroxyl groups is 2. The highest BCUT2D eigenvalue weighted by Crippen LogP contribution is 2.03. The van der Waals surface area contributed by atoms with Crippen LogP contribution in [0.5, 0.6) is 0 Å². The number of hydrogen-bond acceptors (Lipinski definition) is 2. The first kappa shape index (κ1) is 9.40. The molecular formula is C8H14O2. The van der Waals surface area contributed by atoms with Crippen LogP contribution in [0, 0.1) is 0 Å². The van der Waals surface area contributed by atoms with E-state index in [4.69, 9.17) is 10.2 Å². The van der Waals surface area contributed by atoms with Crippen molar-refractivity contribution >= 4 is 0 Å². The van der Waals surface area contributed by atoms with Crippen molar-refractivity contribution in [3.63, 3.8) is 0 Å². The molecule has 0 rings (SSSR count). The maximum absolute atomic E-state index is 9.08. The SMILES string of the molecule is C=CC[C@@H](O)[C@H](O)CC=C. The van der Waals surface area contributed by atoms with Gasteiger partial charge < -0.3 is 10.2 Å². The van der Waals surface area contributed by atoms with Crippen LogP contribution in [0.3, 0.4) is 0 Å². The zero-order chi connectivity index (χ0) is 7.98. The fraction of sp³-hybridized carbons (Fsp3) is 0.500. The van der Waals surface area contributed by atoms with E-state index in [9.17, 15) is 0 Å². The van der Waals surface area contributed by atoms with Crippen molar-refractivity contribution in [3.8, 4) is 0 Å². The second-order valence-corrected chi connectivity index (χ2v) is 2.18. The molecule has 0 aliphatic heterocycles. The summed E-state index contributed by atoms with van der Waals surface area (Å²) in [5, 5.41) is 18.2. The van der Waals surface area contributed by atoms with Gasteiger partial charge in [0.25, 0.3) is 0 Å². The van der Waals surface area contributed by atoms with Crippen molar-refractivity contribution in [1.82, 2.24) is 0 Å². The molecule has 0 heterocycles. The molecule has 0 fully saturated rings. The summed E-state index contributed by atoms with van der Waals surface area (Å²) in [5.41, 5.74) is 0. The first-order valence-corrected chi connectivity index (χ1v) is 3.30. The molecule has 2 atom stereocenters. The average Bonchev–Trinajstić information content (AvgIpc) is 1.89. The molecule has 0 saturated carbocycles. The van der Waals surface area contributed by atoms with Crippen LogP contribution in [0.4, 0.5) is 0 Å². The molecule has 0 saturated heterocycles. The molecule has 10 heavy (non-hydrogen) atoms. The van der Waals surface area contributed by atoms with E-state index in [1.54, 1.807) is 12.2 Å². The van der Waals surface area contributed by atoms with E-state index in [1.807, 2.05) is 0 Å². The Kier molecular flexibility index (Phi) is 4.89. The van der Waals surface area contributed by atoms with Crippen molar-refractivity contribution < 1.29 is 10.2 Å². The fourth-order valence-electron chi connectivity index (χ4n) is 0.656. The molecule has 0 aromatic rings. The molecule has 0 aromatic carbocycles. The Hall–Kier alpha value is -0.600. The van der Waals surface area contributed by atoms with Crippen molar-refractivity contribution in [2.24, 2.45) is 0 Å². The average molecular weight is 142 g/mol. The number of rotatable bonds is 5. The van der Waals surface area contributed by atoms with Gasteiger partial charge in [-0.05, 0) is 12.8 Å². The zero-order valence-corrected chi connectivity index (χ0v) is 6.03. The molecule has 0 aliphatic rings. The largest absolute Gasteiger partial charge is 0.390 e. The maximum Gasteiger partial charge on any atom is 0.0836 e. The molecule has 0 aliphatic carbocycles. The van der Waals surface area contributed by atoms with Gasteiger partial charge in [0, 0.05) is 0 Å². The lowest BCUT2D eigenvalue weighted by Crippen LogP contribution is -2.24. The predicted molar refractivity (Wildman–Crippen MR) is 41.6 cm³/mol. The summed E-state index contributed by atoms with van der Waals surface area (Å²) in [7, 11) is 0. The highest BCUT2D eigenvalue weighted by Gasteiger charge is 2.11. The lowest BCUT2D eigenvalue weighted by atomic mass is 10.1. The Morgan fingerprint density at radius 1 is 1.00 bits per heavy atom. The van der Waals surface area contributed by atoms with Gasteiger partial charge in [0.2, 0.25) is 0 Å². The van der Waals surface area contributed by atoms with Crippen LogP contribution in [0.15, 0.2) is 25.3 Å². The predicted octanol–water partition coefficient (Wildman–Crippen LogP) is 0.860. The molecule has 0 amide bonds. The van der Waals surface area contributed by atoms with Gasteiger partial charge in [0.1, 0.15) is 0 Å². The summed E-state index contributed by atoms with van der Waals surface area (Å²) >= 11 is 0. The fourth-order valence-corrected chi connectivity index (χ4v) is 0.656. The van der Waals surface area contributed by atoms with Gasteiger partial charge in [0.05, 0.1) is 12.2 Å². The Morgan fingerprint density at radius 2 is 1.30 bits per heavy atom. The first-order valence-electron chi connectivity index (χ1n) is 3.30. The van der Waals surface area contributed by atoms with Gasteiger partial charge in [-0.25, -0.2) is 0 Å². The molecule has 0 spiro atoms. The third-order valence-electron chi connectivity index (χ3n) is 1.26. The lowest BCUT2D eigenvalue weighted by molar-refractivity contribution is 0.0239. The number of hydrogen-bond donors (Lipinski definition) is 2. The highest BCUT2D eigenvalue weighted by atomic mass is 16.3. The minimum atomic E-state index is -0.699. The molecule has 2 N–H and O–H groups in total. The minimum absolute atomic E-state index is 0.426. The summed E-state index contributed by atoms with van der Waals surface area (Å²) in [5.74, 6) is 0. The lowest BCUT2D eigenvalue weighted by Gasteiger charge is -2.13. The monoisotopic (exact) mass is 142 g/mol. The smallest absolute Gasteiger partial charge is 0.0836 e. The van der Waals surface area contributed by atoms with Crippen molar-refractivity contribution in [1.29, 1.82) is 0 Å². The standard InChI is InChI=1S/C8H14O2/c1-3-5-7(9)8(10)6-4-2/h3-4,7-10H,1-2,5-6H2/t7-,8-/m1/s1. The van der Waals surface area contributed by atoms with Crippen LogP contribution in [0.1, 0.15) is 12.8 Å². The summed E-state index contributed by atoms with van der Waals surface area (Å²) in [6.07, 6.45) is 2.61. The summed E-state index contributed by atoms with van der Waals surface area (Å²) in [4.78, 5) is 0. The second kappa shape index (κ2) is 5.21. The highest BCUT2D eigenvalue weighted by molar-refractivity contribution is 4.82. The van der Waals surface area contributed by atoms with E-state index in [0.29, 0.717) is 12.8 Å². The summed E-state index contributed by atoms with van der Waals surface area (Å²) in [6, 6.07) is 0. The van der Waals surface area contributed by atoms with Crippen molar-refractivity contribution in [3.05, 3.63) is 25.3 Å². The topological polar surface area (TPSA) is 40.5 Å². The van der Waals surface area contributed by atoms with Crippen molar-refractivity contribution in [2.75, 3.05) is 0 Å². The van der Waals surface area contributed by atoms with E-state index in [-0.39, 0.29) is 0 Å². The normalized spacial score (nSPS) is 15.8. The number of aliphatic hydroxyl groups excluding tert-OH is 2. The van der Waals surface area contributed by atoms with Gasteiger partial charge in [0.15, 0.2) is 0 Å². The third-order valence-corrected chi connectivity index (χ3v) is 1.26. The Balaban J connectivity index is 3.56. The van der Waals surface area contributed by atoms with Crippen LogP contribution < -0.4 is 0 Å². The first-order chi connectivity index (χ1) is 4.72. The molecule has 0 unspecified atom stereocenters. The Labute approximate surface area is 61.5 Å². The van der Waals surface area contributed by atoms with Crippen LogP contribution in [-0.4, -0.2) is 22.4 Å². The molecular weight excluding hydrogens is 128 g/mol.